The number of fused-ring (bicyclic) bond motifs is 1. The highest BCUT2D eigenvalue weighted by atomic mass is 32.2. The Labute approximate surface area is 201 Å². The third-order valence-corrected chi connectivity index (χ3v) is 7.88. The Kier molecular flexibility index (Phi) is 8.00. The number of carbonyl (C=O) groups excluding carboxylic acids is 2. The van der Waals surface area contributed by atoms with E-state index in [2.05, 4.69) is 15.5 Å². The molecular formula is C21H27N5O6S2. The highest BCUT2D eigenvalue weighted by Crippen LogP contribution is 2.23. The maximum Gasteiger partial charge on any atom is 0.316 e. The zero-order valence-electron chi connectivity index (χ0n) is 19.6. The van der Waals surface area contributed by atoms with Gasteiger partial charge in [-0.3, -0.25) is 9.59 Å². The summed E-state index contributed by atoms with van der Waals surface area (Å²) in [6.45, 7) is 5.81. The molecule has 0 spiro atoms. The van der Waals surface area contributed by atoms with E-state index in [0.717, 1.165) is 21.6 Å². The number of nitrogens with one attached hydrogen (secondary N) is 1. The molecule has 0 aliphatic carbocycles. The number of hydrogen-bond acceptors (Lipinski definition) is 9. The molecule has 34 heavy (non-hydrogen) atoms. The molecule has 13 heteroatoms. The molecule has 3 aromatic rings. The summed E-state index contributed by atoms with van der Waals surface area (Å²) in [5, 5.41) is 5.81. The Morgan fingerprint density at radius 3 is 2.65 bits per heavy atom. The van der Waals surface area contributed by atoms with Gasteiger partial charge in [-0.1, -0.05) is 5.16 Å². The number of hydrogen-bond donors (Lipinski definition) is 1. The zero-order valence-corrected chi connectivity index (χ0v) is 21.2. The number of benzene rings is 1. The first kappa shape index (κ1) is 25.7. The number of anilines is 1. The molecule has 0 aliphatic heterocycles. The summed E-state index contributed by atoms with van der Waals surface area (Å²) >= 11 is 1.13. The molecule has 11 nitrogen and oxygen atoms in total. The van der Waals surface area contributed by atoms with Gasteiger partial charge in [0.15, 0.2) is 5.82 Å². The maximum absolute atomic E-state index is 12.4. The normalized spacial score (nSPS) is 12.8. The molecule has 0 radical (unpaired) electrons. The van der Waals surface area contributed by atoms with E-state index in [0.29, 0.717) is 29.5 Å². The molecule has 184 valence electrons. The summed E-state index contributed by atoms with van der Waals surface area (Å²) in [5.41, 5.74) is 1.24. The number of sulfonamides is 1. The lowest BCUT2D eigenvalue weighted by Gasteiger charge is -2.11. The predicted molar refractivity (Wildman–Crippen MR) is 128 cm³/mol. The van der Waals surface area contributed by atoms with Gasteiger partial charge in [-0.15, -0.1) is 11.8 Å². The van der Waals surface area contributed by atoms with Crippen molar-refractivity contribution in [2.24, 2.45) is 0 Å². The SMILES string of the molecule is CCn1c(COC(=O)CSC(C)C(=O)Nc2cc(C)on2)nc2cc(S(=O)(=O)N(C)C)ccc21. The number of carbonyl (C=O) groups is 2. The maximum atomic E-state index is 12.4. The van der Waals surface area contributed by atoms with E-state index in [-0.39, 0.29) is 23.2 Å². The number of aromatic nitrogens is 3. The predicted octanol–water partition coefficient (Wildman–Crippen LogP) is 2.41. The summed E-state index contributed by atoms with van der Waals surface area (Å²) in [6, 6.07) is 6.34. The molecule has 1 unspecified atom stereocenters. The molecule has 0 fully saturated rings. The highest BCUT2D eigenvalue weighted by molar-refractivity contribution is 8.01. The number of imidazole rings is 1. The van der Waals surface area contributed by atoms with E-state index < -0.39 is 21.2 Å². The number of amides is 1. The van der Waals surface area contributed by atoms with Crippen molar-refractivity contribution in [2.45, 2.75) is 44.1 Å². The van der Waals surface area contributed by atoms with Gasteiger partial charge >= 0.3 is 5.97 Å². The van der Waals surface area contributed by atoms with Crippen LogP contribution in [0.1, 0.15) is 25.4 Å². The zero-order chi connectivity index (χ0) is 25.0. The third kappa shape index (κ3) is 5.77. The Morgan fingerprint density at radius 2 is 2.03 bits per heavy atom. The fourth-order valence-electron chi connectivity index (χ4n) is 3.10. The molecule has 1 amide bonds. The van der Waals surface area contributed by atoms with E-state index in [1.54, 1.807) is 26.0 Å². The van der Waals surface area contributed by atoms with Crippen molar-refractivity contribution in [2.75, 3.05) is 25.2 Å². The smallest absolute Gasteiger partial charge is 0.316 e. The van der Waals surface area contributed by atoms with E-state index in [1.807, 2.05) is 11.5 Å². The molecule has 1 aromatic carbocycles. The van der Waals surface area contributed by atoms with Crippen molar-refractivity contribution in [1.82, 2.24) is 19.0 Å². The number of esters is 1. The van der Waals surface area contributed by atoms with Crippen LogP contribution in [0.25, 0.3) is 11.0 Å². The quantitative estimate of drug-likeness (QED) is 0.408. The van der Waals surface area contributed by atoms with Crippen molar-refractivity contribution in [3.8, 4) is 0 Å². The second-order valence-corrected chi connectivity index (χ2v) is 11.1. The average molecular weight is 510 g/mol. The van der Waals surface area contributed by atoms with Crippen molar-refractivity contribution >= 4 is 50.5 Å². The van der Waals surface area contributed by atoms with Crippen LogP contribution in [0.3, 0.4) is 0 Å². The average Bonchev–Trinajstić information content (AvgIpc) is 3.37. The van der Waals surface area contributed by atoms with Crippen LogP contribution in [0.15, 0.2) is 33.7 Å². The summed E-state index contributed by atoms with van der Waals surface area (Å²) < 4.78 is 38.1. The Morgan fingerprint density at radius 1 is 1.29 bits per heavy atom. The van der Waals surface area contributed by atoms with Crippen molar-refractivity contribution in [1.29, 1.82) is 0 Å². The fraction of sp³-hybridized carbons (Fsp3) is 0.429. The molecule has 3 rings (SSSR count). The van der Waals surface area contributed by atoms with Gasteiger partial charge in [0.25, 0.3) is 0 Å². The van der Waals surface area contributed by atoms with Crippen LogP contribution in [-0.4, -0.2) is 64.4 Å². The van der Waals surface area contributed by atoms with Crippen LogP contribution in [0.5, 0.6) is 0 Å². The molecular weight excluding hydrogens is 482 g/mol. The first-order chi connectivity index (χ1) is 16.0. The Bertz CT molecular complexity index is 1300. The fourth-order valence-corrected chi connectivity index (χ4v) is 4.70. The van der Waals surface area contributed by atoms with Gasteiger partial charge < -0.3 is 19.1 Å². The van der Waals surface area contributed by atoms with Crippen molar-refractivity contribution in [3.05, 3.63) is 35.9 Å². The summed E-state index contributed by atoms with van der Waals surface area (Å²) in [4.78, 5) is 29.1. The first-order valence-electron chi connectivity index (χ1n) is 10.5. The molecule has 1 atom stereocenters. The Hall–Kier alpha value is -2.90. The van der Waals surface area contributed by atoms with Gasteiger partial charge in [0.2, 0.25) is 15.9 Å². The summed E-state index contributed by atoms with van der Waals surface area (Å²) in [5.74, 6) is 0.576. The van der Waals surface area contributed by atoms with Crippen LogP contribution in [0, 0.1) is 6.92 Å². The van der Waals surface area contributed by atoms with Crippen molar-refractivity contribution < 1.29 is 27.3 Å². The molecule has 2 aromatic heterocycles. The second-order valence-electron chi connectivity index (χ2n) is 7.64. The van der Waals surface area contributed by atoms with Gasteiger partial charge in [0.05, 0.1) is 26.9 Å². The van der Waals surface area contributed by atoms with E-state index >= 15 is 0 Å². The van der Waals surface area contributed by atoms with Gasteiger partial charge in [0.1, 0.15) is 18.2 Å². The minimum Gasteiger partial charge on any atom is -0.457 e. The van der Waals surface area contributed by atoms with Crippen LogP contribution in [0.2, 0.25) is 0 Å². The van der Waals surface area contributed by atoms with E-state index in [1.165, 1.54) is 26.2 Å². The Balaban J connectivity index is 1.60. The second kappa shape index (κ2) is 10.6. The standard InChI is InChI=1S/C21H27N5O6S2/c1-6-26-17-8-7-15(34(29,30)25(4)5)10-16(17)22-19(26)11-31-20(27)12-33-14(3)21(28)23-18-9-13(2)32-24-18/h7-10,14H,6,11-12H2,1-5H3,(H,23,24,28). The van der Waals surface area contributed by atoms with Gasteiger partial charge in [0, 0.05) is 26.7 Å². The van der Waals surface area contributed by atoms with Gasteiger partial charge in [-0.2, -0.15) is 0 Å². The van der Waals surface area contributed by atoms with Crippen LogP contribution < -0.4 is 5.32 Å². The van der Waals surface area contributed by atoms with Crippen LogP contribution in [-0.2, 0) is 37.5 Å². The molecule has 0 bridgehead atoms. The van der Waals surface area contributed by atoms with E-state index in [4.69, 9.17) is 9.26 Å². The summed E-state index contributed by atoms with van der Waals surface area (Å²) in [7, 11) is -0.661. The number of ether oxygens (including phenoxy) is 1. The molecule has 0 aliphatic rings. The lowest BCUT2D eigenvalue weighted by molar-refractivity contribution is -0.142. The minimum absolute atomic E-state index is 0.0238. The molecule has 0 saturated heterocycles. The lowest BCUT2D eigenvalue weighted by Crippen LogP contribution is -2.24. The number of aryl methyl sites for hydroxylation is 2. The molecule has 1 N–H and O–H groups in total. The molecule has 2 heterocycles. The lowest BCUT2D eigenvalue weighted by atomic mass is 10.3. The topological polar surface area (TPSA) is 137 Å². The number of thioether (sulfide) groups is 1. The van der Waals surface area contributed by atoms with Crippen LogP contribution >= 0.6 is 11.8 Å². The van der Waals surface area contributed by atoms with Crippen LogP contribution in [0.4, 0.5) is 5.82 Å². The minimum atomic E-state index is -3.59. The summed E-state index contributed by atoms with van der Waals surface area (Å²) in [6.07, 6.45) is 0. The monoisotopic (exact) mass is 509 g/mol. The molecule has 0 saturated carbocycles. The van der Waals surface area contributed by atoms with Gasteiger partial charge in [-0.25, -0.2) is 17.7 Å². The highest BCUT2D eigenvalue weighted by Gasteiger charge is 2.21. The number of rotatable bonds is 10. The largest absolute Gasteiger partial charge is 0.457 e. The van der Waals surface area contributed by atoms with E-state index in [9.17, 15) is 18.0 Å². The van der Waals surface area contributed by atoms with Gasteiger partial charge in [-0.05, 0) is 39.0 Å². The van der Waals surface area contributed by atoms with Crippen molar-refractivity contribution in [3.63, 3.8) is 0 Å². The first-order valence-corrected chi connectivity index (χ1v) is 12.9. The number of nitrogens with zero attached hydrogens (tertiary/aromatic N) is 4. The third-order valence-electron chi connectivity index (χ3n) is 4.96.